The third-order valence-corrected chi connectivity index (χ3v) is 4.97. The van der Waals surface area contributed by atoms with E-state index in [1.165, 1.54) is 11.3 Å². The van der Waals surface area contributed by atoms with Gasteiger partial charge >= 0.3 is 0 Å². The molecule has 0 fully saturated rings. The molecule has 0 spiro atoms. The van der Waals surface area contributed by atoms with Gasteiger partial charge in [0.2, 0.25) is 5.91 Å². The number of amides is 1. The van der Waals surface area contributed by atoms with Crippen LogP contribution in [0.25, 0.3) is 0 Å². The van der Waals surface area contributed by atoms with E-state index in [-0.39, 0.29) is 5.91 Å². The Morgan fingerprint density at radius 3 is 2.33 bits per heavy atom. The number of hydrogen-bond acceptors (Lipinski definition) is 4. The highest BCUT2D eigenvalue weighted by Gasteiger charge is 2.12. The molecule has 1 heterocycles. The summed E-state index contributed by atoms with van der Waals surface area (Å²) in [4.78, 5) is 20.9. The Morgan fingerprint density at radius 1 is 0.900 bits per heavy atom. The number of hydrogen-bond donors (Lipinski definition) is 1. The summed E-state index contributed by atoms with van der Waals surface area (Å²) in [6.07, 6.45) is 5.47. The highest BCUT2D eigenvalue weighted by atomic mass is 16.2. The maximum Gasteiger partial charge on any atom is 0.239 e. The lowest BCUT2D eigenvalue weighted by Gasteiger charge is -2.24. The van der Waals surface area contributed by atoms with E-state index in [0.717, 1.165) is 24.1 Å². The number of benzene rings is 2. The lowest BCUT2D eigenvalue weighted by Crippen LogP contribution is -2.37. The molecule has 0 aliphatic heterocycles. The second kappa shape index (κ2) is 11.0. The van der Waals surface area contributed by atoms with Crippen LogP contribution in [0.15, 0.2) is 79.1 Å². The van der Waals surface area contributed by atoms with Crippen LogP contribution in [-0.2, 0) is 17.8 Å². The second-order valence-electron chi connectivity index (χ2n) is 7.57. The van der Waals surface area contributed by atoms with Gasteiger partial charge in [0, 0.05) is 51.0 Å². The molecular formula is C25H30N4O. The molecule has 1 aromatic heterocycles. The molecule has 5 nitrogen and oxygen atoms in total. The smallest absolute Gasteiger partial charge is 0.239 e. The Kier molecular flexibility index (Phi) is 7.84. The van der Waals surface area contributed by atoms with Gasteiger partial charge in [-0.3, -0.25) is 9.78 Å². The number of aromatic nitrogens is 1. The molecule has 0 unspecified atom stereocenters. The van der Waals surface area contributed by atoms with Crippen LogP contribution in [0.5, 0.6) is 0 Å². The summed E-state index contributed by atoms with van der Waals surface area (Å²) in [5.41, 5.74) is 4.59. The van der Waals surface area contributed by atoms with E-state index in [4.69, 9.17) is 0 Å². The number of anilines is 2. The number of nitrogens with one attached hydrogen (secondary N) is 1. The van der Waals surface area contributed by atoms with Crippen molar-refractivity contribution in [3.63, 3.8) is 0 Å². The van der Waals surface area contributed by atoms with E-state index in [1.54, 1.807) is 6.20 Å². The predicted octanol–water partition coefficient (Wildman–Crippen LogP) is 3.90. The maximum atomic E-state index is 12.6. The van der Waals surface area contributed by atoms with Crippen molar-refractivity contribution in [3.8, 4) is 0 Å². The highest BCUT2D eigenvalue weighted by Crippen LogP contribution is 2.16. The van der Waals surface area contributed by atoms with Gasteiger partial charge < -0.3 is 15.1 Å². The van der Waals surface area contributed by atoms with E-state index < -0.39 is 0 Å². The van der Waals surface area contributed by atoms with Crippen molar-refractivity contribution >= 4 is 17.3 Å². The first kappa shape index (κ1) is 21.4. The number of pyridine rings is 1. The minimum absolute atomic E-state index is 0.0331. The lowest BCUT2D eigenvalue weighted by molar-refractivity contribution is -0.119. The summed E-state index contributed by atoms with van der Waals surface area (Å²) in [6, 6.07) is 22.5. The summed E-state index contributed by atoms with van der Waals surface area (Å²) in [5, 5.41) is 3.06. The fraction of sp³-hybridized carbons (Fsp3) is 0.280. The molecule has 1 amide bonds. The molecule has 30 heavy (non-hydrogen) atoms. The van der Waals surface area contributed by atoms with E-state index in [2.05, 4.69) is 44.4 Å². The fourth-order valence-corrected chi connectivity index (χ4v) is 3.30. The van der Waals surface area contributed by atoms with Gasteiger partial charge in [-0.15, -0.1) is 0 Å². The van der Waals surface area contributed by atoms with E-state index in [1.807, 2.05) is 62.8 Å². The summed E-state index contributed by atoms with van der Waals surface area (Å²) in [7, 11) is 4.08. The lowest BCUT2D eigenvalue weighted by atomic mass is 10.1. The number of nitrogens with zero attached hydrogens (tertiary/aromatic N) is 3. The Bertz CT molecular complexity index is 895. The van der Waals surface area contributed by atoms with Crippen LogP contribution < -0.4 is 15.1 Å². The summed E-state index contributed by atoms with van der Waals surface area (Å²) < 4.78 is 0. The summed E-state index contributed by atoms with van der Waals surface area (Å²) in [5.74, 6) is 0.0331. The third kappa shape index (κ3) is 6.62. The first-order valence-corrected chi connectivity index (χ1v) is 10.3. The van der Waals surface area contributed by atoms with Crippen LogP contribution in [0.1, 0.15) is 17.5 Å². The SMILES string of the molecule is CN(C)c1ccc(CCCNC(=O)CN(Cc2cccnc2)c2ccccc2)cc1. The number of aryl methyl sites for hydroxylation is 1. The number of carbonyl (C=O) groups excluding carboxylic acids is 1. The Hall–Kier alpha value is -3.34. The molecule has 0 aliphatic rings. The zero-order valence-corrected chi connectivity index (χ0v) is 17.8. The van der Waals surface area contributed by atoms with E-state index in [0.29, 0.717) is 19.6 Å². The molecule has 5 heteroatoms. The Balaban J connectivity index is 1.49. The predicted molar refractivity (Wildman–Crippen MR) is 124 cm³/mol. The average molecular weight is 403 g/mol. The van der Waals surface area contributed by atoms with Crippen molar-refractivity contribution in [2.45, 2.75) is 19.4 Å². The van der Waals surface area contributed by atoms with Crippen molar-refractivity contribution in [2.75, 3.05) is 37.0 Å². The van der Waals surface area contributed by atoms with Gasteiger partial charge in [0.1, 0.15) is 0 Å². The molecule has 2 aromatic carbocycles. The normalized spacial score (nSPS) is 10.5. The van der Waals surface area contributed by atoms with Gasteiger partial charge in [-0.1, -0.05) is 36.4 Å². The maximum absolute atomic E-state index is 12.6. The van der Waals surface area contributed by atoms with Crippen molar-refractivity contribution in [3.05, 3.63) is 90.3 Å². The van der Waals surface area contributed by atoms with E-state index in [9.17, 15) is 4.79 Å². The molecular weight excluding hydrogens is 372 g/mol. The van der Waals surface area contributed by atoms with Gasteiger partial charge in [-0.2, -0.15) is 0 Å². The Morgan fingerprint density at radius 2 is 1.67 bits per heavy atom. The van der Waals surface area contributed by atoms with Gasteiger partial charge in [0.05, 0.1) is 6.54 Å². The first-order valence-electron chi connectivity index (χ1n) is 10.3. The van der Waals surface area contributed by atoms with Crippen LogP contribution in [0.3, 0.4) is 0 Å². The van der Waals surface area contributed by atoms with Crippen LogP contribution >= 0.6 is 0 Å². The zero-order chi connectivity index (χ0) is 21.2. The van der Waals surface area contributed by atoms with Crippen LogP contribution in [-0.4, -0.2) is 38.1 Å². The molecule has 3 aromatic rings. The minimum Gasteiger partial charge on any atom is -0.378 e. The molecule has 156 valence electrons. The van der Waals surface area contributed by atoms with Gasteiger partial charge in [0.15, 0.2) is 0 Å². The topological polar surface area (TPSA) is 48.5 Å². The monoisotopic (exact) mass is 402 g/mol. The van der Waals surface area contributed by atoms with Crippen molar-refractivity contribution < 1.29 is 4.79 Å². The molecule has 0 aliphatic carbocycles. The first-order chi connectivity index (χ1) is 14.6. The largest absolute Gasteiger partial charge is 0.378 e. The van der Waals surface area contributed by atoms with E-state index >= 15 is 0 Å². The molecule has 0 saturated heterocycles. The molecule has 1 N–H and O–H groups in total. The van der Waals surface area contributed by atoms with Crippen molar-refractivity contribution in [2.24, 2.45) is 0 Å². The summed E-state index contributed by atoms with van der Waals surface area (Å²) in [6.45, 7) is 1.63. The molecule has 0 radical (unpaired) electrons. The Labute approximate surface area is 179 Å². The fourth-order valence-electron chi connectivity index (χ4n) is 3.30. The molecule has 0 saturated carbocycles. The average Bonchev–Trinajstić information content (AvgIpc) is 2.78. The number of para-hydroxylation sites is 1. The van der Waals surface area contributed by atoms with Crippen molar-refractivity contribution in [1.82, 2.24) is 10.3 Å². The summed E-state index contributed by atoms with van der Waals surface area (Å²) >= 11 is 0. The standard InChI is InChI=1S/C25H30N4O/c1-28(2)23-14-12-21(13-15-23)8-7-17-27-25(30)20-29(24-10-4-3-5-11-24)19-22-9-6-16-26-18-22/h3-6,9-16,18H,7-8,17,19-20H2,1-2H3,(H,27,30). The van der Waals surface area contributed by atoms with Crippen LogP contribution in [0, 0.1) is 0 Å². The zero-order valence-electron chi connectivity index (χ0n) is 17.8. The molecule has 0 bridgehead atoms. The minimum atomic E-state index is 0.0331. The van der Waals surface area contributed by atoms with Crippen molar-refractivity contribution in [1.29, 1.82) is 0 Å². The number of carbonyl (C=O) groups is 1. The van der Waals surface area contributed by atoms with Crippen LogP contribution in [0.4, 0.5) is 11.4 Å². The molecule has 3 rings (SSSR count). The van der Waals surface area contributed by atoms with Gasteiger partial charge in [0.25, 0.3) is 0 Å². The van der Waals surface area contributed by atoms with Crippen LogP contribution in [0.2, 0.25) is 0 Å². The molecule has 0 atom stereocenters. The van der Waals surface area contributed by atoms with Gasteiger partial charge in [-0.25, -0.2) is 0 Å². The second-order valence-corrected chi connectivity index (χ2v) is 7.57. The highest BCUT2D eigenvalue weighted by molar-refractivity contribution is 5.81. The quantitative estimate of drug-likeness (QED) is 0.523. The number of rotatable bonds is 10. The third-order valence-electron chi connectivity index (χ3n) is 4.97. The van der Waals surface area contributed by atoms with Gasteiger partial charge in [-0.05, 0) is 54.3 Å².